The molecule has 0 bridgehead atoms. The molecule has 2 aromatic rings. The zero-order valence-corrected chi connectivity index (χ0v) is 10.3. The van der Waals surface area contributed by atoms with Crippen molar-refractivity contribution in [1.82, 2.24) is 10.2 Å². The average Bonchev–Trinajstić information content (AvgIpc) is 2.80. The Balaban J connectivity index is 2.28. The molecule has 98 valence electrons. The summed E-state index contributed by atoms with van der Waals surface area (Å²) in [7, 11) is 0. The number of anilines is 1. The minimum atomic E-state index is -0.709. The summed E-state index contributed by atoms with van der Waals surface area (Å²) in [4.78, 5) is 11.9. The number of carbonyl (C=O) groups excluding carboxylic acids is 1. The molecule has 0 unspecified atom stereocenters. The van der Waals surface area contributed by atoms with Crippen LogP contribution in [0.15, 0.2) is 24.4 Å². The molecule has 1 amide bonds. The second-order valence-corrected chi connectivity index (χ2v) is 4.08. The van der Waals surface area contributed by atoms with Gasteiger partial charge in [0, 0.05) is 0 Å². The first-order valence-electron chi connectivity index (χ1n) is 5.12. The Labute approximate surface area is 112 Å². The lowest BCUT2D eigenvalue weighted by molar-refractivity contribution is 0.102. The number of nitrogens with two attached hydrogens (primary N) is 1. The lowest BCUT2D eigenvalue weighted by atomic mass is 10.2. The molecule has 1 aromatic heterocycles. The van der Waals surface area contributed by atoms with Crippen LogP contribution in [0.1, 0.15) is 15.9 Å². The number of phenols is 1. The van der Waals surface area contributed by atoms with Crippen LogP contribution in [0.2, 0.25) is 0 Å². The van der Waals surface area contributed by atoms with Gasteiger partial charge in [0.25, 0.3) is 5.91 Å². The predicted molar refractivity (Wildman–Crippen MR) is 70.5 cm³/mol. The van der Waals surface area contributed by atoms with Gasteiger partial charge in [-0.2, -0.15) is 5.10 Å². The van der Waals surface area contributed by atoms with Crippen LogP contribution < -0.4 is 11.1 Å². The molecular formula is C11H9FN4O2S. The van der Waals surface area contributed by atoms with Gasteiger partial charge in [0.15, 0.2) is 0 Å². The average molecular weight is 280 g/mol. The van der Waals surface area contributed by atoms with Gasteiger partial charge in [0.05, 0.1) is 17.3 Å². The summed E-state index contributed by atoms with van der Waals surface area (Å²) in [6.45, 7) is 0. The molecule has 0 aliphatic carbocycles. The highest BCUT2D eigenvalue weighted by Gasteiger charge is 2.16. The van der Waals surface area contributed by atoms with E-state index in [4.69, 9.17) is 18.0 Å². The SMILES string of the molecule is NC(=S)c1cn[nH]c1NC(=O)c1cc(F)ccc1O. The smallest absolute Gasteiger partial charge is 0.260 e. The number of halogens is 1. The second kappa shape index (κ2) is 5.02. The fourth-order valence-electron chi connectivity index (χ4n) is 1.44. The van der Waals surface area contributed by atoms with Crippen molar-refractivity contribution in [3.8, 4) is 5.75 Å². The molecule has 6 nitrogen and oxygen atoms in total. The number of amides is 1. The van der Waals surface area contributed by atoms with Crippen LogP contribution >= 0.6 is 12.2 Å². The summed E-state index contributed by atoms with van der Waals surface area (Å²) >= 11 is 4.78. The van der Waals surface area contributed by atoms with E-state index in [2.05, 4.69) is 15.5 Å². The first-order chi connectivity index (χ1) is 8.99. The molecule has 0 fully saturated rings. The maximum atomic E-state index is 13.0. The van der Waals surface area contributed by atoms with Crippen LogP contribution in [0.3, 0.4) is 0 Å². The number of nitrogens with zero attached hydrogens (tertiary/aromatic N) is 1. The lowest BCUT2D eigenvalue weighted by Gasteiger charge is -2.06. The van der Waals surface area contributed by atoms with Crippen molar-refractivity contribution in [2.45, 2.75) is 0 Å². The third-order valence-corrected chi connectivity index (χ3v) is 2.57. The molecule has 1 aromatic carbocycles. The van der Waals surface area contributed by atoms with Crippen LogP contribution in [-0.4, -0.2) is 26.2 Å². The zero-order chi connectivity index (χ0) is 14.0. The van der Waals surface area contributed by atoms with Gasteiger partial charge in [0.2, 0.25) is 0 Å². The molecule has 0 saturated heterocycles. The van der Waals surface area contributed by atoms with Crippen molar-refractivity contribution < 1.29 is 14.3 Å². The first-order valence-corrected chi connectivity index (χ1v) is 5.53. The van der Waals surface area contributed by atoms with E-state index in [1.807, 2.05) is 0 Å². The summed E-state index contributed by atoms with van der Waals surface area (Å²) in [5, 5.41) is 18.1. The number of aromatic hydroxyl groups is 1. The summed E-state index contributed by atoms with van der Waals surface area (Å²) in [6.07, 6.45) is 1.35. The van der Waals surface area contributed by atoms with Crippen molar-refractivity contribution in [2.75, 3.05) is 5.32 Å². The molecule has 0 saturated carbocycles. The van der Waals surface area contributed by atoms with Crippen LogP contribution in [0.5, 0.6) is 5.75 Å². The Bertz CT molecular complexity index is 656. The number of hydrogen-bond acceptors (Lipinski definition) is 4. The van der Waals surface area contributed by atoms with Crippen molar-refractivity contribution in [1.29, 1.82) is 0 Å². The quantitative estimate of drug-likeness (QED) is 0.631. The minimum absolute atomic E-state index is 0.0486. The molecule has 0 aliphatic rings. The number of carbonyl (C=O) groups is 1. The van der Waals surface area contributed by atoms with Crippen molar-refractivity contribution in [3.63, 3.8) is 0 Å². The Morgan fingerprint density at radius 3 is 2.89 bits per heavy atom. The maximum Gasteiger partial charge on any atom is 0.260 e. The van der Waals surface area contributed by atoms with Gasteiger partial charge >= 0.3 is 0 Å². The number of phenolic OH excluding ortho intramolecular Hbond substituents is 1. The number of aromatic amines is 1. The highest BCUT2D eigenvalue weighted by Crippen LogP contribution is 2.20. The summed E-state index contributed by atoms with van der Waals surface area (Å²) < 4.78 is 13.0. The van der Waals surface area contributed by atoms with E-state index in [0.29, 0.717) is 5.56 Å². The number of thiocarbonyl (C=S) groups is 1. The van der Waals surface area contributed by atoms with Gasteiger partial charge < -0.3 is 16.2 Å². The number of H-pyrrole nitrogens is 1. The van der Waals surface area contributed by atoms with E-state index in [-0.39, 0.29) is 22.1 Å². The van der Waals surface area contributed by atoms with Gasteiger partial charge in [-0.05, 0) is 18.2 Å². The van der Waals surface area contributed by atoms with Crippen LogP contribution in [-0.2, 0) is 0 Å². The van der Waals surface area contributed by atoms with E-state index >= 15 is 0 Å². The fraction of sp³-hybridized carbons (Fsp3) is 0. The Morgan fingerprint density at radius 2 is 2.21 bits per heavy atom. The number of benzene rings is 1. The molecule has 8 heteroatoms. The lowest BCUT2D eigenvalue weighted by Crippen LogP contribution is -2.17. The van der Waals surface area contributed by atoms with Gasteiger partial charge in [-0.25, -0.2) is 4.39 Å². The topological polar surface area (TPSA) is 104 Å². The van der Waals surface area contributed by atoms with Crippen LogP contribution in [0.4, 0.5) is 10.2 Å². The molecule has 0 aliphatic heterocycles. The third-order valence-electron chi connectivity index (χ3n) is 2.35. The summed E-state index contributed by atoms with van der Waals surface area (Å²) in [5.41, 5.74) is 5.58. The van der Waals surface area contributed by atoms with E-state index in [1.165, 1.54) is 6.20 Å². The first kappa shape index (κ1) is 13.0. The van der Waals surface area contributed by atoms with Gasteiger partial charge in [-0.3, -0.25) is 9.89 Å². The molecule has 0 spiro atoms. The number of rotatable bonds is 3. The largest absolute Gasteiger partial charge is 0.507 e. The number of aromatic nitrogens is 2. The third kappa shape index (κ3) is 2.68. The maximum absolute atomic E-state index is 13.0. The number of hydrogen-bond donors (Lipinski definition) is 4. The summed E-state index contributed by atoms with van der Waals surface area (Å²) in [5.74, 6) is -1.50. The molecule has 1 heterocycles. The highest BCUT2D eigenvalue weighted by atomic mass is 32.1. The molecule has 0 radical (unpaired) electrons. The Hall–Kier alpha value is -2.48. The highest BCUT2D eigenvalue weighted by molar-refractivity contribution is 7.80. The van der Waals surface area contributed by atoms with E-state index < -0.39 is 11.7 Å². The van der Waals surface area contributed by atoms with Gasteiger partial charge in [-0.15, -0.1) is 0 Å². The predicted octanol–water partition coefficient (Wildman–Crippen LogP) is 1.14. The van der Waals surface area contributed by atoms with Crippen LogP contribution in [0.25, 0.3) is 0 Å². The minimum Gasteiger partial charge on any atom is -0.507 e. The monoisotopic (exact) mass is 280 g/mol. The fourth-order valence-corrected chi connectivity index (χ4v) is 1.59. The van der Waals surface area contributed by atoms with E-state index in [9.17, 15) is 14.3 Å². The summed E-state index contributed by atoms with van der Waals surface area (Å²) in [6, 6.07) is 3.05. The van der Waals surface area contributed by atoms with Crippen molar-refractivity contribution in [3.05, 3.63) is 41.3 Å². The second-order valence-electron chi connectivity index (χ2n) is 3.64. The molecule has 19 heavy (non-hydrogen) atoms. The van der Waals surface area contributed by atoms with Crippen molar-refractivity contribution in [2.24, 2.45) is 5.73 Å². The van der Waals surface area contributed by atoms with E-state index in [0.717, 1.165) is 18.2 Å². The van der Waals surface area contributed by atoms with E-state index in [1.54, 1.807) is 0 Å². The molecule has 5 N–H and O–H groups in total. The Morgan fingerprint density at radius 1 is 1.47 bits per heavy atom. The van der Waals surface area contributed by atoms with Crippen LogP contribution in [0, 0.1) is 5.82 Å². The molecule has 0 atom stereocenters. The zero-order valence-electron chi connectivity index (χ0n) is 9.48. The number of nitrogens with one attached hydrogen (secondary N) is 2. The Kier molecular flexibility index (Phi) is 3.43. The standard InChI is InChI=1S/C11H9FN4O2S/c12-5-1-2-8(17)6(3-5)11(18)15-10-7(9(13)19)4-14-16-10/h1-4,17H,(H2,13,19)(H2,14,15,16,18). The molecular weight excluding hydrogens is 271 g/mol. The van der Waals surface area contributed by atoms with Crippen molar-refractivity contribution >= 4 is 28.9 Å². The normalized spacial score (nSPS) is 10.2. The van der Waals surface area contributed by atoms with Gasteiger partial charge in [-0.1, -0.05) is 12.2 Å². The molecule has 2 rings (SSSR count). The van der Waals surface area contributed by atoms with Gasteiger partial charge in [0.1, 0.15) is 22.4 Å².